The fourth-order valence-corrected chi connectivity index (χ4v) is 1.03. The molecule has 4 heteroatoms. The highest BCUT2D eigenvalue weighted by molar-refractivity contribution is 5.73. The Morgan fingerprint density at radius 1 is 1.27 bits per heavy atom. The molecule has 0 rings (SSSR count). The highest BCUT2D eigenvalue weighted by Gasteiger charge is 2.25. The van der Waals surface area contributed by atoms with Gasteiger partial charge in [-0.15, -0.1) is 0 Å². The Morgan fingerprint density at radius 3 is 2.00 bits per heavy atom. The molecule has 0 saturated heterocycles. The lowest BCUT2D eigenvalue weighted by molar-refractivity contribution is -0.143. The first-order chi connectivity index (χ1) is 6.51. The summed E-state index contributed by atoms with van der Waals surface area (Å²) >= 11 is 0. The lowest BCUT2D eigenvalue weighted by atomic mass is 10.1. The molecule has 0 spiro atoms. The minimum absolute atomic E-state index is 0.177. The summed E-state index contributed by atoms with van der Waals surface area (Å²) in [6.07, 6.45) is 0. The van der Waals surface area contributed by atoms with Gasteiger partial charge in [0.25, 0.3) is 0 Å². The van der Waals surface area contributed by atoms with Crippen LogP contribution in [0.4, 0.5) is 0 Å². The van der Waals surface area contributed by atoms with Crippen LogP contribution < -0.4 is 5.32 Å². The Balaban J connectivity index is 4.25. The fourth-order valence-electron chi connectivity index (χ4n) is 1.03. The molecular formula is C11H23NO3. The highest BCUT2D eigenvalue weighted by Crippen LogP contribution is 2.09. The van der Waals surface area contributed by atoms with Crippen molar-refractivity contribution in [2.45, 2.75) is 58.7 Å². The highest BCUT2D eigenvalue weighted by atomic mass is 16.5. The van der Waals surface area contributed by atoms with E-state index in [-0.39, 0.29) is 17.7 Å². The molecule has 0 aliphatic rings. The van der Waals surface area contributed by atoms with Crippen molar-refractivity contribution in [3.63, 3.8) is 0 Å². The maximum Gasteiger partial charge on any atom is 0.323 e. The quantitative estimate of drug-likeness (QED) is 0.751. The molecule has 0 heterocycles. The molecule has 0 aliphatic heterocycles. The second-order valence-electron chi connectivity index (χ2n) is 5.71. The van der Waals surface area contributed by atoms with Gasteiger partial charge in [0.05, 0.1) is 12.2 Å². The minimum Gasteiger partial charge on any atom is -0.480 e. The van der Waals surface area contributed by atoms with Crippen LogP contribution >= 0.6 is 0 Å². The van der Waals surface area contributed by atoms with Gasteiger partial charge < -0.3 is 9.84 Å². The molecule has 0 aliphatic carbocycles. The molecule has 0 saturated carbocycles. The van der Waals surface area contributed by atoms with E-state index >= 15 is 0 Å². The van der Waals surface area contributed by atoms with Crippen molar-refractivity contribution in [3.8, 4) is 0 Å². The van der Waals surface area contributed by atoms with Gasteiger partial charge in [0.2, 0.25) is 0 Å². The number of aliphatic carboxylic acids is 1. The van der Waals surface area contributed by atoms with E-state index in [4.69, 9.17) is 9.84 Å². The van der Waals surface area contributed by atoms with E-state index in [1.165, 1.54) is 0 Å². The maximum atomic E-state index is 11.0. The van der Waals surface area contributed by atoms with Crippen LogP contribution in [0.3, 0.4) is 0 Å². The van der Waals surface area contributed by atoms with Gasteiger partial charge in [-0.2, -0.15) is 0 Å². The van der Waals surface area contributed by atoms with Gasteiger partial charge in [0.1, 0.15) is 6.04 Å². The predicted octanol–water partition coefficient (Wildman–Crippen LogP) is 1.64. The Kier molecular flexibility index (Phi) is 4.74. The van der Waals surface area contributed by atoms with Crippen molar-refractivity contribution in [2.24, 2.45) is 0 Å². The van der Waals surface area contributed by atoms with Crippen molar-refractivity contribution < 1.29 is 14.6 Å². The first kappa shape index (κ1) is 14.4. The molecule has 0 amide bonds. The summed E-state index contributed by atoms with van der Waals surface area (Å²) in [5.74, 6) is -0.880. The summed E-state index contributed by atoms with van der Waals surface area (Å²) in [5.41, 5.74) is -0.544. The molecule has 0 fully saturated rings. The van der Waals surface area contributed by atoms with E-state index in [1.54, 1.807) is 0 Å². The van der Waals surface area contributed by atoms with Gasteiger partial charge in [0.15, 0.2) is 0 Å². The Labute approximate surface area is 92.0 Å². The van der Waals surface area contributed by atoms with Crippen molar-refractivity contribution in [1.82, 2.24) is 5.32 Å². The third-order valence-corrected chi connectivity index (χ3v) is 1.59. The molecule has 0 aromatic heterocycles. The van der Waals surface area contributed by atoms with Crippen LogP contribution in [0.5, 0.6) is 0 Å². The second kappa shape index (κ2) is 4.94. The smallest absolute Gasteiger partial charge is 0.323 e. The third kappa shape index (κ3) is 8.39. The van der Waals surface area contributed by atoms with Gasteiger partial charge in [-0.3, -0.25) is 10.1 Å². The van der Waals surface area contributed by atoms with E-state index in [1.807, 2.05) is 41.5 Å². The van der Waals surface area contributed by atoms with E-state index in [0.29, 0.717) is 0 Å². The number of hydrogen-bond donors (Lipinski definition) is 2. The van der Waals surface area contributed by atoms with E-state index < -0.39 is 12.0 Å². The number of carbonyl (C=O) groups is 1. The van der Waals surface area contributed by atoms with Gasteiger partial charge in [0, 0.05) is 5.54 Å². The van der Waals surface area contributed by atoms with E-state index in [9.17, 15) is 4.79 Å². The van der Waals surface area contributed by atoms with E-state index in [2.05, 4.69) is 5.32 Å². The van der Waals surface area contributed by atoms with Crippen molar-refractivity contribution in [3.05, 3.63) is 0 Å². The third-order valence-electron chi connectivity index (χ3n) is 1.59. The van der Waals surface area contributed by atoms with Gasteiger partial charge in [-0.25, -0.2) is 0 Å². The summed E-state index contributed by atoms with van der Waals surface area (Å²) in [7, 11) is 0. The number of hydrogen-bond acceptors (Lipinski definition) is 3. The second-order valence-corrected chi connectivity index (χ2v) is 5.71. The van der Waals surface area contributed by atoms with Crippen LogP contribution in [-0.2, 0) is 9.53 Å². The average molecular weight is 217 g/mol. The number of carboxylic acids is 1. The zero-order chi connectivity index (χ0) is 12.3. The SMILES string of the molecule is CC(C)(C)N[C@@H](COC(C)(C)C)C(=O)O. The minimum atomic E-state index is -0.880. The lowest BCUT2D eigenvalue weighted by Gasteiger charge is -2.28. The summed E-state index contributed by atoms with van der Waals surface area (Å²) < 4.78 is 5.46. The Hall–Kier alpha value is -0.610. The summed E-state index contributed by atoms with van der Waals surface area (Å²) in [4.78, 5) is 11.0. The van der Waals surface area contributed by atoms with Crippen molar-refractivity contribution in [1.29, 1.82) is 0 Å². The van der Waals surface area contributed by atoms with Crippen molar-refractivity contribution >= 4 is 5.97 Å². The van der Waals surface area contributed by atoms with Crippen LogP contribution in [0.25, 0.3) is 0 Å². The van der Waals surface area contributed by atoms with Crippen LogP contribution in [0.1, 0.15) is 41.5 Å². The summed E-state index contributed by atoms with van der Waals surface area (Å²) in [6, 6.07) is -0.663. The number of nitrogens with one attached hydrogen (secondary N) is 1. The fraction of sp³-hybridized carbons (Fsp3) is 0.909. The average Bonchev–Trinajstić information content (AvgIpc) is 1.93. The van der Waals surface area contributed by atoms with E-state index in [0.717, 1.165) is 0 Å². The molecule has 0 bridgehead atoms. The largest absolute Gasteiger partial charge is 0.480 e. The molecule has 1 atom stereocenters. The summed E-state index contributed by atoms with van der Waals surface area (Å²) in [6.45, 7) is 11.7. The molecule has 0 unspecified atom stereocenters. The first-order valence-corrected chi connectivity index (χ1v) is 5.16. The van der Waals surface area contributed by atoms with Gasteiger partial charge in [-0.1, -0.05) is 0 Å². The number of rotatable bonds is 4. The standard InChI is InChI=1S/C11H23NO3/c1-10(2,3)12-8(9(13)14)7-15-11(4,5)6/h8,12H,7H2,1-6H3,(H,13,14)/t8-/m0/s1. The van der Waals surface area contributed by atoms with Crippen LogP contribution in [0, 0.1) is 0 Å². The molecular weight excluding hydrogens is 194 g/mol. The Morgan fingerprint density at radius 2 is 1.73 bits per heavy atom. The molecule has 0 radical (unpaired) electrons. The zero-order valence-corrected chi connectivity index (χ0v) is 10.5. The molecule has 2 N–H and O–H groups in total. The van der Waals surface area contributed by atoms with Gasteiger partial charge >= 0.3 is 5.97 Å². The van der Waals surface area contributed by atoms with Crippen LogP contribution in [0.15, 0.2) is 0 Å². The molecule has 90 valence electrons. The zero-order valence-electron chi connectivity index (χ0n) is 10.5. The number of carboxylic acid groups (broad SMARTS) is 1. The summed E-state index contributed by atoms with van der Waals surface area (Å²) in [5, 5.41) is 12.0. The maximum absolute atomic E-state index is 11.0. The molecule has 0 aromatic carbocycles. The molecule has 0 aromatic rings. The Bertz CT molecular complexity index is 213. The lowest BCUT2D eigenvalue weighted by Crippen LogP contribution is -2.50. The van der Waals surface area contributed by atoms with Gasteiger partial charge in [-0.05, 0) is 41.5 Å². The van der Waals surface area contributed by atoms with Crippen LogP contribution in [-0.4, -0.2) is 34.9 Å². The molecule has 15 heavy (non-hydrogen) atoms. The van der Waals surface area contributed by atoms with Crippen LogP contribution in [0.2, 0.25) is 0 Å². The monoisotopic (exact) mass is 217 g/mol. The predicted molar refractivity (Wildman–Crippen MR) is 60.0 cm³/mol. The topological polar surface area (TPSA) is 58.6 Å². The normalized spacial score (nSPS) is 15.1. The first-order valence-electron chi connectivity index (χ1n) is 5.16. The molecule has 4 nitrogen and oxygen atoms in total. The number of ether oxygens (including phenoxy) is 1. The van der Waals surface area contributed by atoms with Crippen molar-refractivity contribution in [2.75, 3.05) is 6.61 Å².